The second-order valence-electron chi connectivity index (χ2n) is 7.73. The Hall–Kier alpha value is -4.12. The van der Waals surface area contributed by atoms with Gasteiger partial charge >= 0.3 is 0 Å². The van der Waals surface area contributed by atoms with Crippen molar-refractivity contribution in [3.05, 3.63) is 100 Å². The van der Waals surface area contributed by atoms with Gasteiger partial charge in [-0.15, -0.1) is 0 Å². The van der Waals surface area contributed by atoms with Crippen LogP contribution in [0.5, 0.6) is 5.75 Å². The highest BCUT2D eigenvalue weighted by Gasteiger charge is 2.12. The number of nitrogens with one attached hydrogen (secondary N) is 1. The molecule has 4 N–H and O–H groups in total. The van der Waals surface area contributed by atoms with Crippen LogP contribution < -0.4 is 5.73 Å². The zero-order valence-electron chi connectivity index (χ0n) is 18.9. The number of primary amides is 1. The molecule has 1 amide bonds. The molecular formula is C27H25ClN4O3. The van der Waals surface area contributed by atoms with Crippen LogP contribution >= 0.6 is 11.6 Å². The summed E-state index contributed by atoms with van der Waals surface area (Å²) in [7, 11) is 0. The molecule has 0 fully saturated rings. The van der Waals surface area contributed by atoms with Gasteiger partial charge in [-0.1, -0.05) is 48.0 Å². The van der Waals surface area contributed by atoms with E-state index in [1.54, 1.807) is 6.26 Å². The van der Waals surface area contributed by atoms with E-state index in [2.05, 4.69) is 23.1 Å². The summed E-state index contributed by atoms with van der Waals surface area (Å²) in [6.07, 6.45) is 3.55. The second-order valence-corrected chi connectivity index (χ2v) is 8.14. The van der Waals surface area contributed by atoms with Crippen LogP contribution in [0.1, 0.15) is 33.7 Å². The normalized spacial score (nSPS) is 10.4. The lowest BCUT2D eigenvalue weighted by Gasteiger charge is -2.21. The Morgan fingerprint density at radius 3 is 2.51 bits per heavy atom. The number of carbonyl (C=O) groups excluding carboxylic acids is 1. The molecule has 0 saturated carbocycles. The van der Waals surface area contributed by atoms with E-state index in [9.17, 15) is 4.79 Å². The first-order valence-corrected chi connectivity index (χ1v) is 11.2. The number of fused-ring (bicyclic) bond motifs is 1. The summed E-state index contributed by atoms with van der Waals surface area (Å²) >= 11 is 5.50. The Morgan fingerprint density at radius 1 is 1.11 bits per heavy atom. The number of rotatable bonds is 8. The predicted octanol–water partition coefficient (Wildman–Crippen LogP) is 5.49. The van der Waals surface area contributed by atoms with E-state index in [1.807, 2.05) is 36.4 Å². The van der Waals surface area contributed by atoms with Gasteiger partial charge in [-0.05, 0) is 52.2 Å². The fourth-order valence-electron chi connectivity index (χ4n) is 3.59. The maximum atomic E-state index is 10.5. The molecule has 0 saturated heterocycles. The monoisotopic (exact) mass is 488 g/mol. The topological polar surface area (TPSA) is 127 Å². The molecule has 0 aliphatic heterocycles. The second kappa shape index (κ2) is 12.4. The first-order chi connectivity index (χ1) is 16.9. The smallest absolute Gasteiger partial charge is 0.248 e. The summed E-state index contributed by atoms with van der Waals surface area (Å²) in [5.74, 6) is 0.275. The number of amides is 1. The molecule has 0 aliphatic carbocycles. The lowest BCUT2D eigenvalue weighted by Crippen LogP contribution is -2.23. The molecule has 8 heteroatoms. The van der Waals surface area contributed by atoms with Crippen LogP contribution in [0.25, 0.3) is 10.8 Å². The minimum Gasteiger partial charge on any atom is -0.506 e. The summed E-state index contributed by atoms with van der Waals surface area (Å²) in [5.41, 5.74) is 7.35. The average Bonchev–Trinajstić information content (AvgIpc) is 3.38. The molecule has 4 aromatic rings. The molecule has 4 rings (SSSR count). The third-order valence-electron chi connectivity index (χ3n) is 5.33. The largest absolute Gasteiger partial charge is 0.506 e. The predicted molar refractivity (Wildman–Crippen MR) is 137 cm³/mol. The van der Waals surface area contributed by atoms with E-state index in [-0.39, 0.29) is 16.3 Å². The van der Waals surface area contributed by atoms with Gasteiger partial charge in [0.2, 0.25) is 5.91 Å². The first kappa shape index (κ1) is 25.5. The molecule has 0 spiro atoms. The van der Waals surface area contributed by atoms with Crippen molar-refractivity contribution in [3.63, 3.8) is 0 Å². The molecular weight excluding hydrogens is 464 g/mol. The van der Waals surface area contributed by atoms with Gasteiger partial charge in [0.15, 0.2) is 0 Å². The van der Waals surface area contributed by atoms with E-state index in [0.717, 1.165) is 28.6 Å². The number of phenolic OH excluding ortho intramolecular Hbond substituents is 1. The average molecular weight is 489 g/mol. The summed E-state index contributed by atoms with van der Waals surface area (Å²) in [4.78, 5) is 12.8. The number of hydrogen-bond donors (Lipinski definition) is 3. The molecule has 0 aliphatic rings. The first-order valence-electron chi connectivity index (χ1n) is 10.8. The molecule has 0 bridgehead atoms. The maximum Gasteiger partial charge on any atom is 0.248 e. The van der Waals surface area contributed by atoms with E-state index < -0.39 is 5.91 Å². The quantitative estimate of drug-likeness (QED) is 0.282. The number of benzene rings is 3. The molecule has 1 aromatic heterocycles. The highest BCUT2D eigenvalue weighted by atomic mass is 35.5. The van der Waals surface area contributed by atoms with Gasteiger partial charge in [-0.2, -0.15) is 5.26 Å². The Bertz CT molecular complexity index is 1350. The molecule has 3 aromatic carbocycles. The molecule has 0 unspecified atom stereocenters. The number of phenols is 1. The number of aromatic hydroxyl groups is 1. The van der Waals surface area contributed by atoms with Crippen LogP contribution in [0.3, 0.4) is 0 Å². The van der Waals surface area contributed by atoms with Gasteiger partial charge < -0.3 is 20.7 Å². The van der Waals surface area contributed by atoms with Crippen molar-refractivity contribution < 1.29 is 14.3 Å². The van der Waals surface area contributed by atoms with Crippen molar-refractivity contribution in [3.8, 4) is 11.8 Å². The maximum absolute atomic E-state index is 10.5. The Labute approximate surface area is 208 Å². The summed E-state index contributed by atoms with van der Waals surface area (Å²) < 4.78 is 5.45. The highest BCUT2D eigenvalue weighted by Crippen LogP contribution is 2.24. The van der Waals surface area contributed by atoms with E-state index in [1.165, 1.54) is 30.0 Å². The van der Waals surface area contributed by atoms with Crippen molar-refractivity contribution in [2.75, 3.05) is 6.54 Å². The minimum atomic E-state index is -0.563. The molecule has 7 nitrogen and oxygen atoms in total. The summed E-state index contributed by atoms with van der Waals surface area (Å²) in [6.45, 7) is 2.11. The van der Waals surface area contributed by atoms with Crippen LogP contribution in [0.2, 0.25) is 5.02 Å². The van der Waals surface area contributed by atoms with Crippen molar-refractivity contribution in [1.29, 1.82) is 10.7 Å². The standard InChI is InChI=1S/C20H19N3O.C7H6ClNO2/c21-10-4-11-23(15-18-5-3-12-24-18)14-17-9-8-16(13-22)19-6-1-2-7-20(17)19;8-5-3-4(7(9)11)1-2-6(5)10/h1-3,5-9,12-13,22H,4,11,14-15H2;1-3,10H,(H2,9,11). The van der Waals surface area contributed by atoms with Gasteiger partial charge in [-0.3, -0.25) is 9.69 Å². The Morgan fingerprint density at radius 2 is 1.89 bits per heavy atom. The Kier molecular flexibility index (Phi) is 9.02. The van der Waals surface area contributed by atoms with Crippen LogP contribution in [-0.2, 0) is 13.1 Å². The SMILES string of the molecule is N#CCCN(Cc1ccco1)Cc1ccc(C=N)c2ccccc12.NC(=O)c1ccc(O)c(Cl)c1. The lowest BCUT2D eigenvalue weighted by molar-refractivity contribution is 0.100. The van der Waals surface area contributed by atoms with Crippen LogP contribution in [0.15, 0.2) is 77.4 Å². The molecule has 1 heterocycles. The van der Waals surface area contributed by atoms with Gasteiger partial charge in [0.25, 0.3) is 0 Å². The zero-order chi connectivity index (χ0) is 25.2. The van der Waals surface area contributed by atoms with Crippen LogP contribution in [0.4, 0.5) is 0 Å². The lowest BCUT2D eigenvalue weighted by atomic mass is 9.99. The van der Waals surface area contributed by atoms with Gasteiger partial charge in [0, 0.05) is 31.3 Å². The van der Waals surface area contributed by atoms with Gasteiger partial charge in [0.1, 0.15) is 11.5 Å². The van der Waals surface area contributed by atoms with Crippen molar-refractivity contribution in [2.24, 2.45) is 5.73 Å². The van der Waals surface area contributed by atoms with Crippen molar-refractivity contribution >= 4 is 34.5 Å². The van der Waals surface area contributed by atoms with Crippen LogP contribution in [0, 0.1) is 16.7 Å². The number of nitrogens with two attached hydrogens (primary N) is 1. The van der Waals surface area contributed by atoms with Gasteiger partial charge in [0.05, 0.1) is 23.9 Å². The molecule has 0 radical (unpaired) electrons. The zero-order valence-corrected chi connectivity index (χ0v) is 19.7. The number of furan rings is 1. The van der Waals surface area contributed by atoms with Crippen LogP contribution in [-0.4, -0.2) is 28.7 Å². The third kappa shape index (κ3) is 6.93. The third-order valence-corrected chi connectivity index (χ3v) is 5.63. The number of carbonyl (C=O) groups is 1. The molecule has 178 valence electrons. The summed E-state index contributed by atoms with van der Waals surface area (Å²) in [6, 6.07) is 22.3. The van der Waals surface area contributed by atoms with E-state index >= 15 is 0 Å². The van der Waals surface area contributed by atoms with E-state index in [0.29, 0.717) is 19.5 Å². The van der Waals surface area contributed by atoms with Crippen molar-refractivity contribution in [2.45, 2.75) is 19.5 Å². The number of nitrogens with zero attached hydrogens (tertiary/aromatic N) is 2. The fraction of sp³-hybridized carbons (Fsp3) is 0.148. The highest BCUT2D eigenvalue weighted by molar-refractivity contribution is 6.32. The Balaban J connectivity index is 0.000000261. The fourth-order valence-corrected chi connectivity index (χ4v) is 3.78. The van der Waals surface area contributed by atoms with Gasteiger partial charge in [-0.25, -0.2) is 0 Å². The molecule has 0 atom stereocenters. The summed E-state index contributed by atoms with van der Waals surface area (Å²) in [5, 5.41) is 27.8. The minimum absolute atomic E-state index is 0.0586. The number of halogens is 1. The molecule has 35 heavy (non-hydrogen) atoms. The van der Waals surface area contributed by atoms with Crippen molar-refractivity contribution in [1.82, 2.24) is 4.90 Å². The van der Waals surface area contributed by atoms with E-state index in [4.69, 9.17) is 37.5 Å². The number of hydrogen-bond acceptors (Lipinski definition) is 6. The number of nitriles is 1.